The largest absolute Gasteiger partial charge is 0.302 e. The molecule has 0 aliphatic heterocycles. The van der Waals surface area contributed by atoms with E-state index in [2.05, 4.69) is 36.9 Å². The van der Waals surface area contributed by atoms with Crippen molar-refractivity contribution >= 4 is 29.1 Å². The number of thiocarbonyl (C=S) groups is 1. The van der Waals surface area contributed by atoms with Gasteiger partial charge in [0.05, 0.1) is 0 Å². The summed E-state index contributed by atoms with van der Waals surface area (Å²) in [5.41, 5.74) is 6.82. The lowest BCUT2D eigenvalue weighted by Gasteiger charge is -2.19. The second kappa shape index (κ2) is 8.43. The molecule has 1 aliphatic rings. The zero-order chi connectivity index (χ0) is 18.4. The van der Waals surface area contributed by atoms with Gasteiger partial charge in [-0.05, 0) is 54.1 Å². The van der Waals surface area contributed by atoms with Gasteiger partial charge in [0.15, 0.2) is 5.11 Å². The predicted molar refractivity (Wildman–Crippen MR) is 103 cm³/mol. The number of carbonyl (C=O) groups excluding carboxylic acids is 2. The van der Waals surface area contributed by atoms with Gasteiger partial charge in [-0.15, -0.1) is 0 Å². The predicted octanol–water partition coefficient (Wildman–Crippen LogP) is 3.20. The van der Waals surface area contributed by atoms with E-state index in [1.807, 2.05) is 12.1 Å². The van der Waals surface area contributed by atoms with E-state index in [1.54, 1.807) is 12.1 Å². The van der Waals surface area contributed by atoms with E-state index in [9.17, 15) is 9.59 Å². The maximum atomic E-state index is 12.1. The van der Waals surface area contributed by atoms with Crippen LogP contribution in [0.2, 0.25) is 0 Å². The highest BCUT2D eigenvalue weighted by Crippen LogP contribution is 2.27. The van der Waals surface area contributed by atoms with Gasteiger partial charge in [0.1, 0.15) is 0 Å². The molecule has 25 heavy (non-hydrogen) atoms. The van der Waals surface area contributed by atoms with Gasteiger partial charge in [0.2, 0.25) is 5.91 Å². The Hall–Kier alpha value is -1.95. The summed E-state index contributed by atoms with van der Waals surface area (Å²) in [6, 6.07) is 7.44. The third kappa shape index (κ3) is 6.12. The lowest BCUT2D eigenvalue weighted by atomic mass is 9.87. The van der Waals surface area contributed by atoms with E-state index in [1.165, 1.54) is 12.8 Å². The average Bonchev–Trinajstić information content (AvgIpc) is 3.04. The molecule has 2 amide bonds. The summed E-state index contributed by atoms with van der Waals surface area (Å²) in [6.07, 6.45) is 5.10. The average molecular weight is 362 g/mol. The number of hydrogen-bond acceptors (Lipinski definition) is 3. The molecule has 136 valence electrons. The zero-order valence-corrected chi connectivity index (χ0v) is 16.0. The molecule has 1 aromatic carbocycles. The lowest BCUT2D eigenvalue weighted by Crippen LogP contribution is -2.48. The van der Waals surface area contributed by atoms with Crippen LogP contribution in [0.25, 0.3) is 0 Å². The van der Waals surface area contributed by atoms with Crippen LogP contribution in [0.1, 0.15) is 68.8 Å². The van der Waals surface area contributed by atoms with Gasteiger partial charge in [-0.2, -0.15) is 0 Å². The van der Waals surface area contributed by atoms with Crippen LogP contribution in [0, 0.1) is 5.92 Å². The van der Waals surface area contributed by atoms with E-state index in [0.717, 1.165) is 18.4 Å². The number of benzene rings is 1. The highest BCUT2D eigenvalue weighted by atomic mass is 32.1. The number of hydrogen-bond donors (Lipinski definition) is 3. The van der Waals surface area contributed by atoms with Crippen LogP contribution in [0.15, 0.2) is 24.3 Å². The molecule has 0 unspecified atom stereocenters. The van der Waals surface area contributed by atoms with Crippen molar-refractivity contribution in [2.75, 3.05) is 0 Å². The Balaban J connectivity index is 1.76. The Morgan fingerprint density at radius 1 is 1.08 bits per heavy atom. The molecule has 6 heteroatoms. The fourth-order valence-corrected chi connectivity index (χ4v) is 3.16. The molecule has 1 fully saturated rings. The molecule has 2 rings (SSSR count). The Morgan fingerprint density at radius 2 is 1.68 bits per heavy atom. The molecular formula is C19H27N3O2S. The Morgan fingerprint density at radius 3 is 2.24 bits per heavy atom. The summed E-state index contributed by atoms with van der Waals surface area (Å²) in [4.78, 5) is 24.0. The van der Waals surface area contributed by atoms with Crippen molar-refractivity contribution in [2.45, 2.75) is 58.3 Å². The highest BCUT2D eigenvalue weighted by Gasteiger charge is 2.19. The van der Waals surface area contributed by atoms with Crippen molar-refractivity contribution in [3.63, 3.8) is 0 Å². The van der Waals surface area contributed by atoms with E-state index in [-0.39, 0.29) is 22.3 Å². The minimum absolute atomic E-state index is 0.0401. The molecule has 0 spiro atoms. The molecule has 0 heterocycles. The maximum Gasteiger partial charge on any atom is 0.269 e. The van der Waals surface area contributed by atoms with Gasteiger partial charge < -0.3 is 5.32 Å². The van der Waals surface area contributed by atoms with Crippen molar-refractivity contribution in [3.05, 3.63) is 35.4 Å². The van der Waals surface area contributed by atoms with E-state index in [4.69, 9.17) is 12.2 Å². The number of hydrazine groups is 1. The first kappa shape index (κ1) is 19.4. The van der Waals surface area contributed by atoms with Crippen molar-refractivity contribution in [3.8, 4) is 0 Å². The molecule has 3 N–H and O–H groups in total. The van der Waals surface area contributed by atoms with E-state index >= 15 is 0 Å². The SMILES string of the molecule is CC(C)(C)c1ccc(C(=O)NNC(=S)NC(=O)CC2CCCC2)cc1. The summed E-state index contributed by atoms with van der Waals surface area (Å²) in [6.45, 7) is 6.36. The normalized spacial score (nSPS) is 14.8. The Bertz CT molecular complexity index is 629. The third-order valence-electron chi connectivity index (χ3n) is 4.50. The highest BCUT2D eigenvalue weighted by molar-refractivity contribution is 7.80. The second-order valence-corrected chi connectivity index (χ2v) is 8.05. The monoisotopic (exact) mass is 361 g/mol. The fourth-order valence-electron chi connectivity index (χ4n) is 2.99. The molecule has 0 saturated heterocycles. The summed E-state index contributed by atoms with van der Waals surface area (Å²) in [5, 5.41) is 2.72. The van der Waals surface area contributed by atoms with Crippen molar-refractivity contribution in [2.24, 2.45) is 5.92 Å². The molecule has 0 radical (unpaired) electrons. The van der Waals surface area contributed by atoms with Gasteiger partial charge >= 0.3 is 0 Å². The molecule has 5 nitrogen and oxygen atoms in total. The molecule has 0 bridgehead atoms. The van der Waals surface area contributed by atoms with E-state index in [0.29, 0.717) is 17.9 Å². The van der Waals surface area contributed by atoms with Crippen LogP contribution in [0.5, 0.6) is 0 Å². The summed E-state index contributed by atoms with van der Waals surface area (Å²) in [7, 11) is 0. The third-order valence-corrected chi connectivity index (χ3v) is 4.71. The van der Waals surface area contributed by atoms with Crippen LogP contribution in [0.4, 0.5) is 0 Å². The first-order valence-electron chi connectivity index (χ1n) is 8.76. The number of carbonyl (C=O) groups is 2. The van der Waals surface area contributed by atoms with Gasteiger partial charge in [-0.3, -0.25) is 20.4 Å². The smallest absolute Gasteiger partial charge is 0.269 e. The second-order valence-electron chi connectivity index (χ2n) is 7.64. The van der Waals surface area contributed by atoms with Gasteiger partial charge in [-0.25, -0.2) is 0 Å². The van der Waals surface area contributed by atoms with Crippen LogP contribution in [0.3, 0.4) is 0 Å². The maximum absolute atomic E-state index is 12.1. The number of amides is 2. The van der Waals surface area contributed by atoms with E-state index < -0.39 is 0 Å². The lowest BCUT2D eigenvalue weighted by molar-refractivity contribution is -0.120. The summed E-state index contributed by atoms with van der Waals surface area (Å²) >= 11 is 5.05. The van der Waals surface area contributed by atoms with Crippen molar-refractivity contribution in [1.29, 1.82) is 0 Å². The minimum atomic E-state index is -0.298. The molecule has 1 aliphatic carbocycles. The van der Waals surface area contributed by atoms with Gasteiger partial charge in [-0.1, -0.05) is 45.7 Å². The molecule has 1 aromatic rings. The number of rotatable bonds is 3. The van der Waals surface area contributed by atoms with Gasteiger partial charge in [0.25, 0.3) is 5.91 Å². The standard InChI is InChI=1S/C19H27N3O2S/c1-19(2,3)15-10-8-14(9-11-15)17(24)21-22-18(25)20-16(23)12-13-6-4-5-7-13/h8-11,13H,4-7,12H2,1-3H3,(H,21,24)(H2,20,22,23,25). The topological polar surface area (TPSA) is 70.2 Å². The Kier molecular flexibility index (Phi) is 6.53. The van der Waals surface area contributed by atoms with Crippen LogP contribution < -0.4 is 16.2 Å². The van der Waals surface area contributed by atoms with Crippen molar-refractivity contribution in [1.82, 2.24) is 16.2 Å². The summed E-state index contributed by atoms with van der Waals surface area (Å²) < 4.78 is 0. The zero-order valence-electron chi connectivity index (χ0n) is 15.1. The molecule has 1 saturated carbocycles. The first-order valence-corrected chi connectivity index (χ1v) is 9.17. The Labute approximate surface area is 154 Å². The minimum Gasteiger partial charge on any atom is -0.302 e. The summed E-state index contributed by atoms with van der Waals surface area (Å²) in [5.74, 6) is 0.0553. The first-order chi connectivity index (χ1) is 11.8. The fraction of sp³-hybridized carbons (Fsp3) is 0.526. The molecule has 0 atom stereocenters. The molecule has 0 aromatic heterocycles. The van der Waals surface area contributed by atoms with Crippen LogP contribution >= 0.6 is 12.2 Å². The van der Waals surface area contributed by atoms with Gasteiger partial charge in [0, 0.05) is 12.0 Å². The van der Waals surface area contributed by atoms with Crippen molar-refractivity contribution < 1.29 is 9.59 Å². The quantitative estimate of drug-likeness (QED) is 0.571. The number of nitrogens with one attached hydrogen (secondary N) is 3. The van der Waals surface area contributed by atoms with Crippen LogP contribution in [-0.2, 0) is 10.2 Å². The van der Waals surface area contributed by atoms with Crippen LogP contribution in [-0.4, -0.2) is 16.9 Å². The molecular weight excluding hydrogens is 334 g/mol.